The summed E-state index contributed by atoms with van der Waals surface area (Å²) in [5.74, 6) is 0.293. The van der Waals surface area contributed by atoms with E-state index in [4.69, 9.17) is 21.1 Å². The van der Waals surface area contributed by atoms with E-state index in [9.17, 15) is 13.2 Å². The largest absolute Gasteiger partial charge is 0.493 e. The van der Waals surface area contributed by atoms with E-state index in [-0.39, 0.29) is 17.2 Å². The second kappa shape index (κ2) is 12.0. The molecular weight excluding hydrogens is 488 g/mol. The Morgan fingerprint density at radius 2 is 1.60 bits per heavy atom. The summed E-state index contributed by atoms with van der Waals surface area (Å²) in [6, 6.07) is 18.9. The molecule has 0 heterocycles. The molecule has 0 saturated heterocycles. The lowest BCUT2D eigenvalue weighted by atomic mass is 10.1. The molecule has 3 rings (SSSR count). The first-order valence-electron chi connectivity index (χ1n) is 11.1. The minimum absolute atomic E-state index is 0.00809. The summed E-state index contributed by atoms with van der Waals surface area (Å²) < 4.78 is 38.8. The number of benzene rings is 3. The Morgan fingerprint density at radius 1 is 0.943 bits per heavy atom. The number of carbonyl (C=O) groups excluding carboxylic acids is 1. The van der Waals surface area contributed by atoms with Gasteiger partial charge in [-0.2, -0.15) is 0 Å². The number of halogens is 1. The number of sulfonamides is 1. The second-order valence-corrected chi connectivity index (χ2v) is 10.2. The molecule has 186 valence electrons. The van der Waals surface area contributed by atoms with E-state index in [2.05, 4.69) is 5.32 Å². The van der Waals surface area contributed by atoms with Crippen LogP contribution in [0.3, 0.4) is 0 Å². The predicted octanol–water partition coefficient (Wildman–Crippen LogP) is 4.61. The number of nitrogens with zero attached hydrogens (tertiary/aromatic N) is 1. The van der Waals surface area contributed by atoms with E-state index in [1.165, 1.54) is 32.4 Å². The first-order valence-corrected chi connectivity index (χ1v) is 12.9. The molecular formula is C26H29ClN2O5S. The molecule has 0 saturated carbocycles. The maximum atomic E-state index is 13.6. The standard InChI is InChI=1S/C26H29ClN2O5S/c1-19-6-12-22(13-7-19)29(35(31,32)23-14-15-24(33-2)25(17-23)34-3)18-26(30)28-16-4-5-20-8-10-21(27)11-9-20/h6-15,17H,4-5,16,18H2,1-3H3,(H,28,30). The van der Waals surface area contributed by atoms with Gasteiger partial charge in [0.15, 0.2) is 11.5 Å². The molecule has 0 aliphatic rings. The van der Waals surface area contributed by atoms with Gasteiger partial charge in [0, 0.05) is 17.6 Å². The van der Waals surface area contributed by atoms with Crippen LogP contribution in [0.1, 0.15) is 17.5 Å². The molecule has 0 aliphatic heterocycles. The van der Waals surface area contributed by atoms with E-state index in [0.29, 0.717) is 29.4 Å². The van der Waals surface area contributed by atoms with Gasteiger partial charge in [-0.1, -0.05) is 41.4 Å². The number of carbonyl (C=O) groups is 1. The van der Waals surface area contributed by atoms with Crippen LogP contribution in [0.4, 0.5) is 5.69 Å². The molecule has 9 heteroatoms. The summed E-state index contributed by atoms with van der Waals surface area (Å²) in [5.41, 5.74) is 2.48. The molecule has 0 aromatic heterocycles. The van der Waals surface area contributed by atoms with Crippen molar-refractivity contribution in [2.24, 2.45) is 0 Å². The van der Waals surface area contributed by atoms with E-state index in [1.54, 1.807) is 24.3 Å². The molecule has 0 bridgehead atoms. The lowest BCUT2D eigenvalue weighted by molar-refractivity contribution is -0.119. The minimum Gasteiger partial charge on any atom is -0.493 e. The molecule has 1 amide bonds. The summed E-state index contributed by atoms with van der Waals surface area (Å²) in [6.07, 6.45) is 1.48. The van der Waals surface area contributed by atoms with Crippen molar-refractivity contribution < 1.29 is 22.7 Å². The van der Waals surface area contributed by atoms with Gasteiger partial charge in [0.25, 0.3) is 10.0 Å². The number of ether oxygens (including phenoxy) is 2. The van der Waals surface area contributed by atoms with Gasteiger partial charge in [0.2, 0.25) is 5.91 Å². The quantitative estimate of drug-likeness (QED) is 0.376. The van der Waals surface area contributed by atoms with Crippen LogP contribution in [0.15, 0.2) is 71.6 Å². The van der Waals surface area contributed by atoms with Crippen LogP contribution in [0, 0.1) is 6.92 Å². The van der Waals surface area contributed by atoms with Gasteiger partial charge in [0.1, 0.15) is 6.54 Å². The molecule has 1 N–H and O–H groups in total. The lowest BCUT2D eigenvalue weighted by Crippen LogP contribution is -2.41. The van der Waals surface area contributed by atoms with Crippen molar-refractivity contribution >= 4 is 33.2 Å². The fourth-order valence-electron chi connectivity index (χ4n) is 3.49. The molecule has 7 nitrogen and oxygen atoms in total. The fourth-order valence-corrected chi connectivity index (χ4v) is 5.05. The summed E-state index contributed by atoms with van der Waals surface area (Å²) in [4.78, 5) is 12.8. The van der Waals surface area contributed by atoms with Gasteiger partial charge < -0.3 is 14.8 Å². The molecule has 0 spiro atoms. The maximum absolute atomic E-state index is 13.6. The summed E-state index contributed by atoms with van der Waals surface area (Å²) in [6.45, 7) is 1.96. The zero-order valence-corrected chi connectivity index (χ0v) is 21.5. The van der Waals surface area contributed by atoms with Crippen LogP contribution in [0.25, 0.3) is 0 Å². The molecule has 0 unspecified atom stereocenters. The Labute approximate surface area is 211 Å². The third-order valence-corrected chi connectivity index (χ3v) is 7.45. The highest BCUT2D eigenvalue weighted by Gasteiger charge is 2.28. The van der Waals surface area contributed by atoms with Crippen molar-refractivity contribution in [1.82, 2.24) is 5.32 Å². The predicted molar refractivity (Wildman–Crippen MR) is 138 cm³/mol. The fraction of sp³-hybridized carbons (Fsp3) is 0.269. The minimum atomic E-state index is -4.07. The van der Waals surface area contributed by atoms with E-state index in [1.807, 2.05) is 31.2 Å². The van der Waals surface area contributed by atoms with Crippen molar-refractivity contribution in [3.8, 4) is 11.5 Å². The van der Waals surface area contributed by atoms with Crippen LogP contribution in [0.2, 0.25) is 5.02 Å². The maximum Gasteiger partial charge on any atom is 0.264 e. The second-order valence-electron chi connectivity index (χ2n) is 7.94. The average molecular weight is 517 g/mol. The SMILES string of the molecule is COc1ccc(S(=O)(=O)N(CC(=O)NCCCc2ccc(Cl)cc2)c2ccc(C)cc2)cc1OC. The topological polar surface area (TPSA) is 84.9 Å². The molecule has 3 aromatic carbocycles. The number of amides is 1. The van der Waals surface area contributed by atoms with Crippen molar-refractivity contribution in [1.29, 1.82) is 0 Å². The number of methoxy groups -OCH3 is 2. The first kappa shape index (κ1) is 26.4. The molecule has 0 atom stereocenters. The van der Waals surface area contributed by atoms with Crippen molar-refractivity contribution in [2.75, 3.05) is 31.6 Å². The van der Waals surface area contributed by atoms with E-state index in [0.717, 1.165) is 21.9 Å². The summed E-state index contributed by atoms with van der Waals surface area (Å²) >= 11 is 5.91. The van der Waals surface area contributed by atoms with Crippen LogP contribution < -0.4 is 19.1 Å². The summed E-state index contributed by atoms with van der Waals surface area (Å²) in [5, 5.41) is 3.50. The van der Waals surface area contributed by atoms with Gasteiger partial charge in [-0.25, -0.2) is 8.42 Å². The average Bonchev–Trinajstić information content (AvgIpc) is 2.86. The Balaban J connectivity index is 1.76. The Hall–Kier alpha value is -3.23. The first-order chi connectivity index (χ1) is 16.7. The molecule has 0 fully saturated rings. The van der Waals surface area contributed by atoms with Crippen LogP contribution >= 0.6 is 11.6 Å². The van der Waals surface area contributed by atoms with Gasteiger partial charge >= 0.3 is 0 Å². The van der Waals surface area contributed by atoms with E-state index < -0.39 is 15.9 Å². The lowest BCUT2D eigenvalue weighted by Gasteiger charge is -2.24. The zero-order chi connectivity index (χ0) is 25.4. The molecule has 3 aromatic rings. The highest BCUT2D eigenvalue weighted by molar-refractivity contribution is 7.92. The molecule has 0 aliphatic carbocycles. The normalized spacial score (nSPS) is 11.1. The monoisotopic (exact) mass is 516 g/mol. The van der Waals surface area contributed by atoms with Crippen molar-refractivity contribution in [2.45, 2.75) is 24.7 Å². The number of hydrogen-bond acceptors (Lipinski definition) is 5. The smallest absolute Gasteiger partial charge is 0.264 e. The number of rotatable bonds is 11. The molecule has 35 heavy (non-hydrogen) atoms. The van der Waals surface area contributed by atoms with Crippen LogP contribution in [-0.4, -0.2) is 41.6 Å². The molecule has 0 radical (unpaired) electrons. The van der Waals surface area contributed by atoms with Gasteiger partial charge in [-0.05, 0) is 61.7 Å². The highest BCUT2D eigenvalue weighted by atomic mass is 35.5. The number of nitrogens with one attached hydrogen (secondary N) is 1. The third-order valence-electron chi connectivity index (χ3n) is 5.43. The Kier molecular flexibility index (Phi) is 9.01. The van der Waals surface area contributed by atoms with Gasteiger partial charge in [-0.3, -0.25) is 9.10 Å². The van der Waals surface area contributed by atoms with Crippen molar-refractivity contribution in [3.05, 3.63) is 82.9 Å². The summed E-state index contributed by atoms with van der Waals surface area (Å²) in [7, 11) is -1.16. The third kappa shape index (κ3) is 6.90. The van der Waals surface area contributed by atoms with Crippen molar-refractivity contribution in [3.63, 3.8) is 0 Å². The number of anilines is 1. The van der Waals surface area contributed by atoms with Crippen LogP contribution in [0.5, 0.6) is 11.5 Å². The Bertz CT molecular complexity index is 1250. The Morgan fingerprint density at radius 3 is 2.23 bits per heavy atom. The number of aryl methyl sites for hydroxylation is 2. The zero-order valence-electron chi connectivity index (χ0n) is 20.0. The van der Waals surface area contributed by atoms with E-state index >= 15 is 0 Å². The number of hydrogen-bond donors (Lipinski definition) is 1. The van der Waals surface area contributed by atoms with Crippen LogP contribution in [-0.2, 0) is 21.2 Å². The highest BCUT2D eigenvalue weighted by Crippen LogP contribution is 2.32. The van der Waals surface area contributed by atoms with Gasteiger partial charge in [-0.15, -0.1) is 0 Å². The van der Waals surface area contributed by atoms with Gasteiger partial charge in [0.05, 0.1) is 24.8 Å².